The zero-order valence-corrected chi connectivity index (χ0v) is 9.97. The summed E-state index contributed by atoms with van der Waals surface area (Å²) in [5, 5.41) is 17.3. The highest BCUT2D eigenvalue weighted by Crippen LogP contribution is 2.11. The van der Waals surface area contributed by atoms with Gasteiger partial charge in [0.15, 0.2) is 5.69 Å². The number of hydrogen-bond acceptors (Lipinski definition) is 6. The van der Waals surface area contributed by atoms with Gasteiger partial charge in [-0.15, -0.1) is 0 Å². The van der Waals surface area contributed by atoms with E-state index in [0.717, 1.165) is 19.4 Å². The molecule has 2 N–H and O–H groups in total. The molecule has 0 radical (unpaired) electrons. The van der Waals surface area contributed by atoms with Gasteiger partial charge in [0.1, 0.15) is 0 Å². The maximum Gasteiger partial charge on any atom is 0.227 e. The Morgan fingerprint density at radius 2 is 2.35 bits per heavy atom. The highest BCUT2D eigenvalue weighted by Gasteiger charge is 2.10. The Hall–Kier alpha value is -1.76. The number of hydrogen-bond donors (Lipinski definition) is 2. The predicted molar refractivity (Wildman–Crippen MR) is 61.1 cm³/mol. The second-order valence-corrected chi connectivity index (χ2v) is 4.08. The van der Waals surface area contributed by atoms with Gasteiger partial charge in [0.25, 0.3) is 0 Å². The number of nitrogens with zero attached hydrogens (tertiary/aromatic N) is 4. The Bertz CT molecular complexity index is 435. The van der Waals surface area contributed by atoms with Gasteiger partial charge in [-0.1, -0.05) is 19.0 Å². The van der Waals surface area contributed by atoms with Crippen molar-refractivity contribution in [3.05, 3.63) is 12.1 Å². The van der Waals surface area contributed by atoms with E-state index in [1.165, 1.54) is 0 Å². The molecule has 0 amide bonds. The summed E-state index contributed by atoms with van der Waals surface area (Å²) in [6.07, 6.45) is 3.30. The third-order valence-electron chi connectivity index (χ3n) is 2.23. The molecule has 0 unspecified atom stereocenters. The molecule has 7 nitrogen and oxygen atoms in total. The van der Waals surface area contributed by atoms with Crippen LogP contribution < -0.4 is 5.32 Å². The van der Waals surface area contributed by atoms with Crippen LogP contribution in [0.25, 0.3) is 11.5 Å². The molecule has 0 saturated carbocycles. The topological polar surface area (TPSA) is 92.5 Å². The molecule has 0 aromatic carbocycles. The maximum absolute atomic E-state index is 5.12. The summed E-state index contributed by atoms with van der Waals surface area (Å²) in [7, 11) is 0. The van der Waals surface area contributed by atoms with Gasteiger partial charge in [-0.2, -0.15) is 20.4 Å². The molecule has 0 saturated heterocycles. The number of aromatic amines is 1. The minimum Gasteiger partial charge on any atom is -0.339 e. The molecule has 7 heteroatoms. The van der Waals surface area contributed by atoms with Gasteiger partial charge in [-0.05, 0) is 13.0 Å². The number of nitrogens with one attached hydrogen (secondary N) is 2. The second kappa shape index (κ2) is 5.53. The van der Waals surface area contributed by atoms with Crippen LogP contribution in [-0.2, 0) is 6.42 Å². The van der Waals surface area contributed by atoms with Gasteiger partial charge in [0, 0.05) is 12.5 Å². The number of H-pyrrole nitrogens is 1. The molecule has 0 atom stereocenters. The Morgan fingerprint density at radius 3 is 3.06 bits per heavy atom. The lowest BCUT2D eigenvalue weighted by atomic mass is 10.3. The predicted octanol–water partition coefficient (Wildman–Crippen LogP) is 0.785. The van der Waals surface area contributed by atoms with E-state index < -0.39 is 0 Å². The smallest absolute Gasteiger partial charge is 0.227 e. The molecule has 0 spiro atoms. The molecule has 2 aromatic heterocycles. The van der Waals surface area contributed by atoms with Crippen LogP contribution in [0.1, 0.15) is 26.2 Å². The minimum absolute atomic E-state index is 0.477. The Balaban J connectivity index is 1.83. The van der Waals surface area contributed by atoms with Gasteiger partial charge in [0.2, 0.25) is 11.7 Å². The third-order valence-corrected chi connectivity index (χ3v) is 2.23. The molecule has 0 bridgehead atoms. The summed E-state index contributed by atoms with van der Waals surface area (Å²) in [5.74, 6) is 1.11. The van der Waals surface area contributed by atoms with Crippen LogP contribution >= 0.6 is 0 Å². The van der Waals surface area contributed by atoms with Crippen LogP contribution in [0.3, 0.4) is 0 Å². The van der Waals surface area contributed by atoms with Crippen LogP contribution in [0.15, 0.2) is 10.7 Å². The molecule has 2 heterocycles. The van der Waals surface area contributed by atoms with Crippen LogP contribution in [0, 0.1) is 0 Å². The summed E-state index contributed by atoms with van der Waals surface area (Å²) in [4.78, 5) is 4.24. The quantitative estimate of drug-likeness (QED) is 0.720. The van der Waals surface area contributed by atoms with E-state index in [-0.39, 0.29) is 0 Å². The fourth-order valence-corrected chi connectivity index (χ4v) is 1.40. The van der Waals surface area contributed by atoms with Crippen molar-refractivity contribution < 1.29 is 4.52 Å². The van der Waals surface area contributed by atoms with Gasteiger partial charge in [-0.25, -0.2) is 0 Å². The highest BCUT2D eigenvalue weighted by atomic mass is 16.5. The van der Waals surface area contributed by atoms with Crippen molar-refractivity contribution in [2.75, 3.05) is 6.54 Å². The van der Waals surface area contributed by atoms with E-state index in [9.17, 15) is 0 Å². The van der Waals surface area contributed by atoms with Crippen LogP contribution in [-0.4, -0.2) is 38.1 Å². The molecular weight excluding hydrogens is 220 g/mol. The summed E-state index contributed by atoms with van der Waals surface area (Å²) in [6.45, 7) is 5.18. The first-order valence-electron chi connectivity index (χ1n) is 5.68. The molecule has 17 heavy (non-hydrogen) atoms. The Kier molecular flexibility index (Phi) is 3.81. The first-order valence-corrected chi connectivity index (χ1v) is 5.68. The summed E-state index contributed by atoms with van der Waals surface area (Å²) in [5.41, 5.74) is 0.598. The lowest BCUT2D eigenvalue weighted by Gasteiger charge is -2.05. The summed E-state index contributed by atoms with van der Waals surface area (Å²) in [6, 6.07) is 0.503. The molecule has 0 fully saturated rings. The van der Waals surface area contributed by atoms with Crippen molar-refractivity contribution >= 4 is 0 Å². The molecule has 2 aromatic rings. The lowest BCUT2D eigenvalue weighted by molar-refractivity contribution is 0.374. The van der Waals surface area contributed by atoms with Crippen LogP contribution in [0.2, 0.25) is 0 Å². The Morgan fingerprint density at radius 1 is 1.47 bits per heavy atom. The number of rotatable bonds is 6. The number of aromatic nitrogens is 5. The molecule has 0 aliphatic heterocycles. The van der Waals surface area contributed by atoms with Crippen molar-refractivity contribution in [3.63, 3.8) is 0 Å². The van der Waals surface area contributed by atoms with Crippen LogP contribution in [0.5, 0.6) is 0 Å². The van der Waals surface area contributed by atoms with Crippen molar-refractivity contribution in [2.45, 2.75) is 32.7 Å². The SMILES string of the molecule is CC(C)NCCCc1nc(-c2cn[nH]n2)no1. The second-order valence-electron chi connectivity index (χ2n) is 4.08. The van der Waals surface area contributed by atoms with Gasteiger partial charge < -0.3 is 9.84 Å². The van der Waals surface area contributed by atoms with Gasteiger partial charge in [0.05, 0.1) is 6.20 Å². The average molecular weight is 236 g/mol. The largest absolute Gasteiger partial charge is 0.339 e. The standard InChI is InChI=1S/C10H16N6O/c1-7(2)11-5-3-4-9-13-10(15-17-9)8-6-12-16-14-8/h6-7,11H,3-5H2,1-2H3,(H,12,14,16). The molecule has 92 valence electrons. The molecule has 2 rings (SSSR count). The van der Waals surface area contributed by atoms with Gasteiger partial charge >= 0.3 is 0 Å². The van der Waals surface area contributed by atoms with E-state index >= 15 is 0 Å². The summed E-state index contributed by atoms with van der Waals surface area (Å²) < 4.78 is 5.12. The fraction of sp³-hybridized carbons (Fsp3) is 0.600. The first kappa shape index (κ1) is 11.7. The van der Waals surface area contributed by atoms with Gasteiger partial charge in [-0.3, -0.25) is 0 Å². The van der Waals surface area contributed by atoms with E-state index in [2.05, 4.69) is 44.7 Å². The van der Waals surface area contributed by atoms with Crippen molar-refractivity contribution in [3.8, 4) is 11.5 Å². The van der Waals surface area contributed by atoms with E-state index in [1.54, 1.807) is 6.20 Å². The highest BCUT2D eigenvalue weighted by molar-refractivity contribution is 5.44. The van der Waals surface area contributed by atoms with E-state index in [0.29, 0.717) is 23.5 Å². The normalized spacial score (nSPS) is 11.2. The Labute approximate surface area is 99.0 Å². The average Bonchev–Trinajstić information content (AvgIpc) is 2.94. The molecule has 0 aliphatic carbocycles. The zero-order valence-electron chi connectivity index (χ0n) is 9.97. The minimum atomic E-state index is 0.477. The third kappa shape index (κ3) is 3.35. The zero-order chi connectivity index (χ0) is 12.1. The lowest BCUT2D eigenvalue weighted by Crippen LogP contribution is -2.23. The maximum atomic E-state index is 5.12. The van der Waals surface area contributed by atoms with E-state index in [4.69, 9.17) is 4.52 Å². The first-order chi connectivity index (χ1) is 8.25. The number of aryl methyl sites for hydroxylation is 1. The fourth-order valence-electron chi connectivity index (χ4n) is 1.40. The van der Waals surface area contributed by atoms with Crippen LogP contribution in [0.4, 0.5) is 0 Å². The monoisotopic (exact) mass is 236 g/mol. The molecular formula is C10H16N6O. The van der Waals surface area contributed by atoms with Crippen molar-refractivity contribution in [2.24, 2.45) is 0 Å². The van der Waals surface area contributed by atoms with E-state index in [1.807, 2.05) is 0 Å². The summed E-state index contributed by atoms with van der Waals surface area (Å²) >= 11 is 0. The molecule has 0 aliphatic rings. The van der Waals surface area contributed by atoms with Crippen molar-refractivity contribution in [1.29, 1.82) is 0 Å². The van der Waals surface area contributed by atoms with Crippen molar-refractivity contribution in [1.82, 2.24) is 30.9 Å².